The van der Waals surface area contributed by atoms with E-state index in [1.807, 2.05) is 6.07 Å². The Morgan fingerprint density at radius 3 is 2.85 bits per heavy atom. The zero-order chi connectivity index (χ0) is 14.7. The van der Waals surface area contributed by atoms with E-state index in [2.05, 4.69) is 12.2 Å². The summed E-state index contributed by atoms with van der Waals surface area (Å²) in [6, 6.07) is 5.34. The molecule has 1 aliphatic rings. The highest BCUT2D eigenvalue weighted by atomic mass is 16.5. The fraction of sp³-hybridized carbons (Fsp3) is 0.533. The molecule has 1 fully saturated rings. The van der Waals surface area contributed by atoms with E-state index in [-0.39, 0.29) is 12.0 Å². The maximum Gasteiger partial charge on any atom is 0.253 e. The van der Waals surface area contributed by atoms with Crippen LogP contribution >= 0.6 is 0 Å². The Bertz CT molecular complexity index is 488. The molecule has 1 aromatic rings. The molecule has 0 aliphatic carbocycles. The molecule has 1 aromatic carbocycles. The predicted molar refractivity (Wildman–Crippen MR) is 80.9 cm³/mol. The van der Waals surface area contributed by atoms with Crippen LogP contribution in [0, 0.1) is 5.92 Å². The topological polar surface area (TPSA) is 67.6 Å². The van der Waals surface area contributed by atoms with Crippen molar-refractivity contribution in [2.75, 3.05) is 38.3 Å². The van der Waals surface area contributed by atoms with Gasteiger partial charge in [-0.3, -0.25) is 4.79 Å². The maximum absolute atomic E-state index is 12.0. The Hall–Kier alpha value is -1.75. The Balaban J connectivity index is 2.06. The minimum atomic E-state index is -0.0226. The first-order chi connectivity index (χ1) is 9.49. The lowest BCUT2D eigenvalue weighted by Gasteiger charge is -2.18. The molecule has 2 unspecified atom stereocenters. The second-order valence-corrected chi connectivity index (χ2v) is 5.51. The molecule has 1 aliphatic heterocycles. The van der Waals surface area contributed by atoms with Crippen LogP contribution in [-0.4, -0.2) is 44.2 Å². The van der Waals surface area contributed by atoms with Crippen LogP contribution in [0.15, 0.2) is 18.2 Å². The Morgan fingerprint density at radius 2 is 2.25 bits per heavy atom. The van der Waals surface area contributed by atoms with Gasteiger partial charge in [0.15, 0.2) is 0 Å². The van der Waals surface area contributed by atoms with Crippen LogP contribution in [0.2, 0.25) is 0 Å². The monoisotopic (exact) mass is 277 g/mol. The number of nitrogens with two attached hydrogens (primary N) is 1. The Morgan fingerprint density at radius 1 is 1.50 bits per heavy atom. The summed E-state index contributed by atoms with van der Waals surface area (Å²) in [4.78, 5) is 13.5. The fourth-order valence-corrected chi connectivity index (χ4v) is 2.39. The van der Waals surface area contributed by atoms with Crippen molar-refractivity contribution in [1.82, 2.24) is 4.90 Å². The van der Waals surface area contributed by atoms with Crippen LogP contribution < -0.4 is 11.1 Å². The quantitative estimate of drug-likeness (QED) is 0.824. The average Bonchev–Trinajstić information content (AvgIpc) is 2.82. The van der Waals surface area contributed by atoms with Crippen LogP contribution in [-0.2, 0) is 4.74 Å². The molecule has 1 saturated heterocycles. The molecule has 0 spiro atoms. The van der Waals surface area contributed by atoms with Gasteiger partial charge < -0.3 is 20.7 Å². The number of carbonyl (C=O) groups is 1. The summed E-state index contributed by atoms with van der Waals surface area (Å²) in [5, 5.41) is 3.34. The van der Waals surface area contributed by atoms with Crippen molar-refractivity contribution in [3.8, 4) is 0 Å². The number of hydrogen-bond acceptors (Lipinski definition) is 4. The minimum absolute atomic E-state index is 0.0226. The fourth-order valence-electron chi connectivity index (χ4n) is 2.39. The highest BCUT2D eigenvalue weighted by Gasteiger charge is 2.24. The number of ether oxygens (including phenoxy) is 1. The van der Waals surface area contributed by atoms with Crippen molar-refractivity contribution in [1.29, 1.82) is 0 Å². The standard InChI is InChI=1S/C15H23N3O2/c1-10-12(6-7-20-10)9-17-14-8-11(4-5-13(14)16)15(19)18(2)3/h4-5,8,10,12,17H,6-7,9,16H2,1-3H3. The molecular formula is C15H23N3O2. The minimum Gasteiger partial charge on any atom is -0.397 e. The number of carbonyl (C=O) groups excluding carboxylic acids is 1. The number of nitrogen functional groups attached to an aromatic ring is 1. The molecule has 2 atom stereocenters. The predicted octanol–water partition coefficient (Wildman–Crippen LogP) is 1.81. The first kappa shape index (κ1) is 14.7. The molecule has 3 N–H and O–H groups in total. The van der Waals surface area contributed by atoms with E-state index in [4.69, 9.17) is 10.5 Å². The number of nitrogens with one attached hydrogen (secondary N) is 1. The highest BCUT2D eigenvalue weighted by Crippen LogP contribution is 2.24. The smallest absolute Gasteiger partial charge is 0.253 e. The lowest BCUT2D eigenvalue weighted by atomic mass is 10.0. The van der Waals surface area contributed by atoms with Gasteiger partial charge in [-0.2, -0.15) is 0 Å². The van der Waals surface area contributed by atoms with Gasteiger partial charge in [0, 0.05) is 38.7 Å². The molecule has 2 rings (SSSR count). The zero-order valence-electron chi connectivity index (χ0n) is 12.3. The summed E-state index contributed by atoms with van der Waals surface area (Å²) in [7, 11) is 3.48. The van der Waals surface area contributed by atoms with Crippen LogP contribution in [0.3, 0.4) is 0 Å². The van der Waals surface area contributed by atoms with E-state index < -0.39 is 0 Å². The molecule has 110 valence electrons. The third-order valence-electron chi connectivity index (χ3n) is 3.79. The van der Waals surface area contributed by atoms with Gasteiger partial charge >= 0.3 is 0 Å². The number of anilines is 2. The molecule has 0 bridgehead atoms. The first-order valence-corrected chi connectivity index (χ1v) is 6.95. The summed E-state index contributed by atoms with van der Waals surface area (Å²) in [6.45, 7) is 3.72. The van der Waals surface area contributed by atoms with Gasteiger partial charge in [0.1, 0.15) is 0 Å². The van der Waals surface area contributed by atoms with Crippen LogP contribution in [0.25, 0.3) is 0 Å². The average molecular weight is 277 g/mol. The Kier molecular flexibility index (Phi) is 4.49. The number of rotatable bonds is 4. The van der Waals surface area contributed by atoms with Crippen molar-refractivity contribution < 1.29 is 9.53 Å². The summed E-state index contributed by atoms with van der Waals surface area (Å²) in [6.07, 6.45) is 1.33. The third-order valence-corrected chi connectivity index (χ3v) is 3.79. The number of amides is 1. The van der Waals surface area contributed by atoms with Gasteiger partial charge in [0.25, 0.3) is 5.91 Å². The second-order valence-electron chi connectivity index (χ2n) is 5.51. The maximum atomic E-state index is 12.0. The van der Waals surface area contributed by atoms with Gasteiger partial charge in [0.05, 0.1) is 17.5 Å². The van der Waals surface area contributed by atoms with E-state index >= 15 is 0 Å². The van der Waals surface area contributed by atoms with Crippen molar-refractivity contribution in [3.05, 3.63) is 23.8 Å². The van der Waals surface area contributed by atoms with Crippen LogP contribution in [0.5, 0.6) is 0 Å². The van der Waals surface area contributed by atoms with Gasteiger partial charge in [-0.15, -0.1) is 0 Å². The molecule has 0 aromatic heterocycles. The van der Waals surface area contributed by atoms with Gasteiger partial charge in [-0.25, -0.2) is 0 Å². The lowest BCUT2D eigenvalue weighted by Crippen LogP contribution is -2.23. The van der Waals surface area contributed by atoms with Crippen molar-refractivity contribution in [2.24, 2.45) is 5.92 Å². The molecule has 1 amide bonds. The van der Waals surface area contributed by atoms with E-state index in [0.717, 1.165) is 25.3 Å². The lowest BCUT2D eigenvalue weighted by molar-refractivity contribution is 0.0827. The SMILES string of the molecule is CC1OCCC1CNc1cc(C(=O)N(C)C)ccc1N. The summed E-state index contributed by atoms with van der Waals surface area (Å²) >= 11 is 0. The molecule has 5 heteroatoms. The van der Waals surface area contributed by atoms with Gasteiger partial charge in [-0.1, -0.05) is 0 Å². The summed E-state index contributed by atoms with van der Waals surface area (Å²) < 4.78 is 5.55. The van der Waals surface area contributed by atoms with Gasteiger partial charge in [-0.05, 0) is 31.5 Å². The van der Waals surface area contributed by atoms with Gasteiger partial charge in [0.2, 0.25) is 0 Å². The number of hydrogen-bond donors (Lipinski definition) is 2. The van der Waals surface area contributed by atoms with Crippen molar-refractivity contribution >= 4 is 17.3 Å². The van der Waals surface area contributed by atoms with Crippen molar-refractivity contribution in [2.45, 2.75) is 19.4 Å². The third kappa shape index (κ3) is 3.22. The molecular weight excluding hydrogens is 254 g/mol. The van der Waals surface area contributed by atoms with E-state index in [9.17, 15) is 4.79 Å². The molecule has 20 heavy (non-hydrogen) atoms. The van der Waals surface area contributed by atoms with E-state index in [0.29, 0.717) is 17.2 Å². The zero-order valence-corrected chi connectivity index (χ0v) is 12.3. The molecule has 0 radical (unpaired) electrons. The largest absolute Gasteiger partial charge is 0.397 e. The molecule has 1 heterocycles. The second kappa shape index (κ2) is 6.13. The molecule has 0 saturated carbocycles. The first-order valence-electron chi connectivity index (χ1n) is 6.95. The van der Waals surface area contributed by atoms with E-state index in [1.54, 1.807) is 31.1 Å². The highest BCUT2D eigenvalue weighted by molar-refractivity contribution is 5.95. The van der Waals surface area contributed by atoms with Crippen molar-refractivity contribution in [3.63, 3.8) is 0 Å². The number of nitrogens with zero attached hydrogens (tertiary/aromatic N) is 1. The van der Waals surface area contributed by atoms with Crippen LogP contribution in [0.4, 0.5) is 11.4 Å². The summed E-state index contributed by atoms with van der Waals surface area (Å²) in [5.41, 5.74) is 8.08. The number of benzene rings is 1. The molecule has 5 nitrogen and oxygen atoms in total. The summed E-state index contributed by atoms with van der Waals surface area (Å²) in [5.74, 6) is 0.466. The normalized spacial score (nSPS) is 21.8. The van der Waals surface area contributed by atoms with E-state index in [1.165, 1.54) is 0 Å². The Labute approximate surface area is 120 Å². The van der Waals surface area contributed by atoms with Crippen LogP contribution in [0.1, 0.15) is 23.7 Å².